The number of hydrogen-bond acceptors (Lipinski definition) is 3. The van der Waals surface area contributed by atoms with Gasteiger partial charge in [-0.15, -0.1) is 12.4 Å². The minimum atomic E-state index is -0.251. The predicted molar refractivity (Wildman–Crippen MR) is 100 cm³/mol. The lowest BCUT2D eigenvalue weighted by Gasteiger charge is -2.26. The molecule has 2 N–H and O–H groups in total. The average Bonchev–Trinajstić information content (AvgIpc) is 3.15. The molecule has 2 fully saturated rings. The lowest BCUT2D eigenvalue weighted by atomic mass is 10.1. The number of hydrogen-bond donors (Lipinski definition) is 1. The number of halogens is 2. The molecule has 5 nitrogen and oxygen atoms in total. The van der Waals surface area contributed by atoms with Gasteiger partial charge in [0, 0.05) is 42.3 Å². The maximum Gasteiger partial charge on any atom is 0.228 e. The number of amides is 2. The minimum Gasteiger partial charge on any atom is -0.338 e. The van der Waals surface area contributed by atoms with Crippen LogP contribution in [-0.2, 0) is 9.59 Å². The first-order valence-corrected chi connectivity index (χ1v) is 8.87. The number of carbonyl (C=O) groups is 2. The van der Waals surface area contributed by atoms with Gasteiger partial charge in [-0.1, -0.05) is 15.9 Å². The molecule has 3 rings (SSSR count). The van der Waals surface area contributed by atoms with Gasteiger partial charge in [0.1, 0.15) is 0 Å². The van der Waals surface area contributed by atoms with Crippen LogP contribution >= 0.6 is 28.3 Å². The van der Waals surface area contributed by atoms with Crippen LogP contribution in [0.1, 0.15) is 24.8 Å². The third-order valence-corrected chi connectivity index (χ3v) is 5.75. The molecule has 0 aliphatic carbocycles. The highest BCUT2D eigenvalue weighted by atomic mass is 79.9. The molecule has 7 heteroatoms. The van der Waals surface area contributed by atoms with Crippen molar-refractivity contribution in [2.75, 3.05) is 24.5 Å². The SMILES string of the molecule is Cc1cc(N2CC(C(=O)N3CCCC3CN)CC2=O)ccc1Br.Cl. The van der Waals surface area contributed by atoms with Gasteiger partial charge < -0.3 is 15.5 Å². The third kappa shape index (κ3) is 3.60. The summed E-state index contributed by atoms with van der Waals surface area (Å²) in [6.45, 7) is 3.73. The summed E-state index contributed by atoms with van der Waals surface area (Å²) >= 11 is 3.47. The van der Waals surface area contributed by atoms with Crippen molar-refractivity contribution in [2.45, 2.75) is 32.2 Å². The number of aryl methyl sites for hydroxylation is 1. The Bertz CT molecular complexity index is 640. The molecule has 2 aliphatic heterocycles. The molecule has 2 heterocycles. The molecule has 2 unspecified atom stereocenters. The van der Waals surface area contributed by atoms with Crippen molar-refractivity contribution in [1.29, 1.82) is 0 Å². The van der Waals surface area contributed by atoms with Crippen molar-refractivity contribution >= 4 is 45.8 Å². The zero-order valence-corrected chi connectivity index (χ0v) is 16.1. The molecule has 2 aliphatic rings. The summed E-state index contributed by atoms with van der Waals surface area (Å²) in [7, 11) is 0. The van der Waals surface area contributed by atoms with Crippen LogP contribution in [0.15, 0.2) is 22.7 Å². The fraction of sp³-hybridized carbons (Fsp3) is 0.529. The van der Waals surface area contributed by atoms with E-state index >= 15 is 0 Å². The van der Waals surface area contributed by atoms with E-state index in [-0.39, 0.29) is 36.2 Å². The first-order valence-electron chi connectivity index (χ1n) is 8.08. The van der Waals surface area contributed by atoms with Crippen molar-refractivity contribution in [3.63, 3.8) is 0 Å². The molecule has 2 amide bonds. The predicted octanol–water partition coefficient (Wildman–Crippen LogP) is 2.48. The summed E-state index contributed by atoms with van der Waals surface area (Å²) in [5.74, 6) is -0.144. The second-order valence-electron chi connectivity index (χ2n) is 6.40. The summed E-state index contributed by atoms with van der Waals surface area (Å²) in [5, 5.41) is 0. The van der Waals surface area contributed by atoms with Crippen molar-refractivity contribution in [3.8, 4) is 0 Å². The zero-order valence-electron chi connectivity index (χ0n) is 13.7. The largest absolute Gasteiger partial charge is 0.338 e. The highest BCUT2D eigenvalue weighted by molar-refractivity contribution is 9.10. The van der Waals surface area contributed by atoms with E-state index in [0.717, 1.165) is 35.1 Å². The van der Waals surface area contributed by atoms with Crippen LogP contribution in [0, 0.1) is 12.8 Å². The van der Waals surface area contributed by atoms with E-state index in [0.29, 0.717) is 19.5 Å². The normalized spacial score (nSPS) is 23.5. The maximum atomic E-state index is 12.7. The monoisotopic (exact) mass is 415 g/mol. The van der Waals surface area contributed by atoms with Crippen LogP contribution in [0.4, 0.5) is 5.69 Å². The van der Waals surface area contributed by atoms with Gasteiger partial charge in [0.15, 0.2) is 0 Å². The second kappa shape index (κ2) is 7.85. The first-order chi connectivity index (χ1) is 11.0. The molecule has 1 aromatic carbocycles. The van der Waals surface area contributed by atoms with E-state index in [1.165, 1.54) is 0 Å². The van der Waals surface area contributed by atoms with Gasteiger partial charge in [0.2, 0.25) is 11.8 Å². The van der Waals surface area contributed by atoms with E-state index in [2.05, 4.69) is 15.9 Å². The lowest BCUT2D eigenvalue weighted by Crippen LogP contribution is -2.43. The Hall–Kier alpha value is -1.11. The molecular formula is C17H23BrClN3O2. The quantitative estimate of drug-likeness (QED) is 0.823. The summed E-state index contributed by atoms with van der Waals surface area (Å²) in [6.07, 6.45) is 2.27. The van der Waals surface area contributed by atoms with Crippen molar-refractivity contribution in [1.82, 2.24) is 4.90 Å². The van der Waals surface area contributed by atoms with Crippen LogP contribution < -0.4 is 10.6 Å². The fourth-order valence-corrected chi connectivity index (χ4v) is 3.77. The Morgan fingerprint density at radius 1 is 1.42 bits per heavy atom. The molecule has 0 bridgehead atoms. The van der Waals surface area contributed by atoms with Crippen molar-refractivity contribution in [3.05, 3.63) is 28.2 Å². The Balaban J connectivity index is 0.00000208. The number of anilines is 1. The first kappa shape index (κ1) is 19.2. The van der Waals surface area contributed by atoms with E-state index in [1.807, 2.05) is 30.0 Å². The van der Waals surface area contributed by atoms with Crippen LogP contribution in [0.25, 0.3) is 0 Å². The van der Waals surface area contributed by atoms with Gasteiger partial charge in [-0.2, -0.15) is 0 Å². The molecule has 0 radical (unpaired) electrons. The molecule has 132 valence electrons. The summed E-state index contributed by atoms with van der Waals surface area (Å²) in [5.41, 5.74) is 7.70. The third-order valence-electron chi connectivity index (χ3n) is 4.86. The van der Waals surface area contributed by atoms with E-state index in [1.54, 1.807) is 4.90 Å². The van der Waals surface area contributed by atoms with Crippen LogP contribution in [0.3, 0.4) is 0 Å². The average molecular weight is 417 g/mol. The van der Waals surface area contributed by atoms with Crippen molar-refractivity contribution in [2.24, 2.45) is 11.7 Å². The lowest BCUT2D eigenvalue weighted by molar-refractivity contribution is -0.136. The van der Waals surface area contributed by atoms with Gasteiger partial charge in [0.05, 0.1) is 5.92 Å². The van der Waals surface area contributed by atoms with E-state index in [4.69, 9.17) is 5.73 Å². The van der Waals surface area contributed by atoms with E-state index in [9.17, 15) is 9.59 Å². The molecule has 0 aromatic heterocycles. The number of likely N-dealkylation sites (tertiary alicyclic amines) is 1. The minimum absolute atomic E-state index is 0. The van der Waals surface area contributed by atoms with Gasteiger partial charge in [-0.05, 0) is 43.5 Å². The number of nitrogens with two attached hydrogens (primary N) is 1. The molecule has 2 atom stereocenters. The van der Waals surface area contributed by atoms with Crippen LogP contribution in [-0.4, -0.2) is 42.4 Å². The number of benzene rings is 1. The highest BCUT2D eigenvalue weighted by Gasteiger charge is 2.39. The maximum absolute atomic E-state index is 12.7. The molecule has 24 heavy (non-hydrogen) atoms. The molecule has 0 spiro atoms. The number of nitrogens with zero attached hydrogens (tertiary/aromatic N) is 2. The Kier molecular flexibility index (Phi) is 6.28. The summed E-state index contributed by atoms with van der Waals surface area (Å²) < 4.78 is 1.02. The summed E-state index contributed by atoms with van der Waals surface area (Å²) in [6, 6.07) is 5.98. The molecular weight excluding hydrogens is 394 g/mol. The Morgan fingerprint density at radius 2 is 2.17 bits per heavy atom. The summed E-state index contributed by atoms with van der Waals surface area (Å²) in [4.78, 5) is 28.7. The standard InChI is InChI=1S/C17H22BrN3O2.ClH/c1-11-7-13(4-5-15(11)18)21-10-12(8-16(21)22)17(23)20-6-2-3-14(20)9-19;/h4-5,7,12,14H,2-3,6,8-10,19H2,1H3;1H. The number of carbonyl (C=O) groups excluding carboxylic acids is 2. The number of rotatable bonds is 3. The Labute approximate surface area is 157 Å². The second-order valence-corrected chi connectivity index (χ2v) is 7.26. The van der Waals surface area contributed by atoms with Gasteiger partial charge >= 0.3 is 0 Å². The molecule has 0 saturated carbocycles. The van der Waals surface area contributed by atoms with Gasteiger partial charge in [0.25, 0.3) is 0 Å². The zero-order chi connectivity index (χ0) is 16.6. The Morgan fingerprint density at radius 3 is 2.83 bits per heavy atom. The fourth-order valence-electron chi connectivity index (χ4n) is 3.52. The van der Waals surface area contributed by atoms with Crippen LogP contribution in [0.2, 0.25) is 0 Å². The topological polar surface area (TPSA) is 66.6 Å². The van der Waals surface area contributed by atoms with E-state index < -0.39 is 0 Å². The highest BCUT2D eigenvalue weighted by Crippen LogP contribution is 2.30. The van der Waals surface area contributed by atoms with Gasteiger partial charge in [-0.25, -0.2) is 0 Å². The van der Waals surface area contributed by atoms with Crippen LogP contribution in [0.5, 0.6) is 0 Å². The van der Waals surface area contributed by atoms with Crippen molar-refractivity contribution < 1.29 is 9.59 Å². The molecule has 2 saturated heterocycles. The van der Waals surface area contributed by atoms with Gasteiger partial charge in [-0.3, -0.25) is 9.59 Å². The smallest absolute Gasteiger partial charge is 0.228 e. The molecule has 1 aromatic rings.